The molecule has 0 fully saturated rings. The quantitative estimate of drug-likeness (QED) is 0.180. The fraction of sp³-hybridized carbons (Fsp3) is 0. The molecule has 0 aliphatic rings. The van der Waals surface area contributed by atoms with Gasteiger partial charge >= 0.3 is 7.69 Å². The smallest absolute Gasteiger partial charge is 0.537 e. The second-order valence-corrected chi connectivity index (χ2v) is 10.0. The number of nitrogens with zero attached hydrogens (tertiary/aromatic N) is 6. The molecule has 6 rings (SSSR count). The van der Waals surface area contributed by atoms with Crippen molar-refractivity contribution >= 4 is 65.7 Å². The van der Waals surface area contributed by atoms with E-state index in [9.17, 15) is 0 Å². The lowest BCUT2D eigenvalue weighted by atomic mass is 9.99. The molecule has 1 N–H and O–H groups in total. The van der Waals surface area contributed by atoms with Crippen LogP contribution in [0, 0.1) is 0 Å². The normalized spacial score (nSPS) is 10.0. The first-order valence-corrected chi connectivity index (χ1v) is 14.4. The third-order valence-corrected chi connectivity index (χ3v) is 6.38. The second kappa shape index (κ2) is 16.9. The van der Waals surface area contributed by atoms with E-state index < -0.39 is 0 Å². The number of para-hydroxylation sites is 1. The summed E-state index contributed by atoms with van der Waals surface area (Å²) in [6.07, 6.45) is 0. The van der Waals surface area contributed by atoms with E-state index in [1.807, 2.05) is 109 Å². The van der Waals surface area contributed by atoms with Gasteiger partial charge < -0.3 is 9.68 Å². The van der Waals surface area contributed by atoms with Crippen LogP contribution in [-0.4, -0.2) is 42.6 Å². The SMILES string of the molecule is Clc1nc(Cl)nc(-c2ccccc2-c2ccccc2)n1.Clc1nc(Cl)nc(Cl)n1.O[B]Oc1ccccc1-c1ccccc1. The minimum absolute atomic E-state index is 0.000000000000000444. The number of aromatic nitrogens is 6. The number of benzene rings is 4. The van der Waals surface area contributed by atoms with E-state index in [0.717, 1.165) is 27.8 Å². The highest BCUT2D eigenvalue weighted by Crippen LogP contribution is 2.31. The van der Waals surface area contributed by atoms with Crippen molar-refractivity contribution in [3.8, 4) is 39.4 Å². The maximum Gasteiger partial charge on any atom is 0.569 e. The zero-order valence-corrected chi connectivity index (χ0v) is 26.2. The molecule has 0 aliphatic heterocycles. The highest BCUT2D eigenvalue weighted by atomic mass is 35.5. The van der Waals surface area contributed by atoms with Gasteiger partial charge in [-0.1, -0.05) is 103 Å². The van der Waals surface area contributed by atoms with Crippen LogP contribution in [0.3, 0.4) is 0 Å². The fourth-order valence-electron chi connectivity index (χ4n) is 3.78. The number of halogens is 5. The van der Waals surface area contributed by atoms with Crippen LogP contribution in [0.4, 0.5) is 0 Å². The Hall–Kier alpha value is -3.83. The largest absolute Gasteiger partial charge is 0.569 e. The molecule has 0 spiro atoms. The molecule has 0 saturated carbocycles. The van der Waals surface area contributed by atoms with Gasteiger partial charge in [-0.2, -0.15) is 29.9 Å². The summed E-state index contributed by atoms with van der Waals surface area (Å²) in [5.41, 5.74) is 4.99. The van der Waals surface area contributed by atoms with Gasteiger partial charge in [0.15, 0.2) is 5.82 Å². The summed E-state index contributed by atoms with van der Waals surface area (Å²) in [5, 5.41) is 8.82. The van der Waals surface area contributed by atoms with Crippen LogP contribution in [0.15, 0.2) is 109 Å². The maximum absolute atomic E-state index is 8.64. The molecule has 0 saturated heterocycles. The monoisotopic (exact) mass is 681 g/mol. The van der Waals surface area contributed by atoms with Gasteiger partial charge in [-0.05, 0) is 80.8 Å². The molecule has 6 aromatic rings. The van der Waals surface area contributed by atoms with Crippen LogP contribution >= 0.6 is 58.0 Å². The third-order valence-electron chi connectivity index (χ3n) is 5.54. The first-order chi connectivity index (χ1) is 21.3. The Morgan fingerprint density at radius 2 is 0.795 bits per heavy atom. The van der Waals surface area contributed by atoms with Gasteiger partial charge in [-0.3, -0.25) is 0 Å². The average Bonchev–Trinajstić information content (AvgIpc) is 3.02. The Morgan fingerprint density at radius 3 is 1.27 bits per heavy atom. The van der Waals surface area contributed by atoms with Crippen molar-refractivity contribution in [3.63, 3.8) is 0 Å². The van der Waals surface area contributed by atoms with Gasteiger partial charge in [0.1, 0.15) is 5.75 Å². The Kier molecular flexibility index (Phi) is 12.7. The van der Waals surface area contributed by atoms with Crippen LogP contribution < -0.4 is 4.65 Å². The lowest BCUT2D eigenvalue weighted by molar-refractivity contribution is 0.455. The Bertz CT molecular complexity index is 1740. The van der Waals surface area contributed by atoms with E-state index in [1.165, 1.54) is 0 Å². The summed E-state index contributed by atoms with van der Waals surface area (Å²) >= 11 is 27.7. The third kappa shape index (κ3) is 9.85. The Balaban J connectivity index is 0.000000162. The molecule has 14 heteroatoms. The topological polar surface area (TPSA) is 107 Å². The van der Waals surface area contributed by atoms with Crippen molar-refractivity contribution in [2.45, 2.75) is 0 Å². The highest BCUT2D eigenvalue weighted by Gasteiger charge is 2.11. The highest BCUT2D eigenvalue weighted by molar-refractivity contribution is 6.33. The zero-order chi connectivity index (χ0) is 31.3. The molecule has 2 aromatic heterocycles. The molecule has 0 aliphatic carbocycles. The lowest BCUT2D eigenvalue weighted by Crippen LogP contribution is -2.00. The number of hydrogen-bond donors (Lipinski definition) is 1. The molecule has 0 unspecified atom stereocenters. The zero-order valence-electron chi connectivity index (χ0n) is 22.4. The van der Waals surface area contributed by atoms with Gasteiger partial charge in [0.2, 0.25) is 26.4 Å². The van der Waals surface area contributed by atoms with Crippen LogP contribution in [0.25, 0.3) is 33.6 Å². The predicted molar refractivity (Wildman–Crippen MR) is 176 cm³/mol. The van der Waals surface area contributed by atoms with Crippen LogP contribution in [0.2, 0.25) is 26.4 Å². The molecule has 0 amide bonds. The molecule has 0 bridgehead atoms. The molecular weight excluding hydrogens is 664 g/mol. The maximum atomic E-state index is 8.64. The number of hydrogen-bond acceptors (Lipinski definition) is 8. The van der Waals surface area contributed by atoms with Crippen molar-refractivity contribution in [1.29, 1.82) is 0 Å². The van der Waals surface area contributed by atoms with Crippen molar-refractivity contribution in [3.05, 3.63) is 136 Å². The van der Waals surface area contributed by atoms with Crippen molar-refractivity contribution in [2.24, 2.45) is 0 Å². The first kappa shape index (κ1) is 33.1. The molecule has 8 nitrogen and oxygen atoms in total. The predicted octanol–water partition coefficient (Wildman–Crippen LogP) is 8.60. The van der Waals surface area contributed by atoms with Crippen LogP contribution in [-0.2, 0) is 0 Å². The summed E-state index contributed by atoms with van der Waals surface area (Å²) in [6, 6.07) is 35.3. The molecule has 4 aromatic carbocycles. The summed E-state index contributed by atoms with van der Waals surface area (Å²) in [7, 11) is 0.696. The van der Waals surface area contributed by atoms with E-state index >= 15 is 0 Å². The van der Waals surface area contributed by atoms with Gasteiger partial charge in [0.05, 0.1) is 0 Å². The molecule has 44 heavy (non-hydrogen) atoms. The van der Waals surface area contributed by atoms with Crippen LogP contribution in [0.5, 0.6) is 5.75 Å². The van der Waals surface area contributed by atoms with Gasteiger partial charge in [0, 0.05) is 11.1 Å². The van der Waals surface area contributed by atoms with Crippen molar-refractivity contribution in [1.82, 2.24) is 29.9 Å². The van der Waals surface area contributed by atoms with E-state index in [4.69, 9.17) is 67.7 Å². The molecule has 2 heterocycles. The summed E-state index contributed by atoms with van der Waals surface area (Å²) in [6.45, 7) is 0. The van der Waals surface area contributed by atoms with Crippen molar-refractivity contribution < 1.29 is 9.68 Å². The number of rotatable bonds is 5. The minimum Gasteiger partial charge on any atom is -0.537 e. The van der Waals surface area contributed by atoms with Crippen molar-refractivity contribution in [2.75, 3.05) is 0 Å². The van der Waals surface area contributed by atoms with E-state index in [2.05, 4.69) is 29.9 Å². The Morgan fingerprint density at radius 1 is 0.432 bits per heavy atom. The van der Waals surface area contributed by atoms with Crippen LogP contribution in [0.1, 0.15) is 0 Å². The molecular formula is C30H19BCl5N6O2. The first-order valence-electron chi connectivity index (χ1n) is 12.6. The standard InChI is InChI=1S/C15H9Cl2N3.C12H10BO2.C3Cl3N3/c16-14-18-13(19-15(17)20-14)12-9-5-4-8-11(12)10-6-2-1-3-7-10;14-13-15-12-9-5-4-8-11(12)10-6-2-1-3-7-10;4-1-7-2(5)9-3(6)8-1/h1-9H;1-9,14H;. The van der Waals surface area contributed by atoms with Gasteiger partial charge in [0.25, 0.3) is 0 Å². The van der Waals surface area contributed by atoms with Gasteiger partial charge in [-0.15, -0.1) is 0 Å². The molecule has 0 atom stereocenters. The van der Waals surface area contributed by atoms with Gasteiger partial charge in [-0.25, -0.2) is 0 Å². The molecule has 219 valence electrons. The lowest BCUT2D eigenvalue weighted by Gasteiger charge is -2.08. The average molecular weight is 684 g/mol. The van der Waals surface area contributed by atoms with E-state index in [1.54, 1.807) is 0 Å². The second-order valence-electron chi connectivity index (χ2n) is 8.34. The fourth-order valence-corrected chi connectivity index (χ4v) is 4.75. The molecule has 1 radical (unpaired) electrons. The summed E-state index contributed by atoms with van der Waals surface area (Å²) in [4.78, 5) is 22.4. The van der Waals surface area contributed by atoms with E-state index in [-0.39, 0.29) is 26.4 Å². The Labute approximate surface area is 279 Å². The minimum atomic E-state index is 0.000000000000000444. The van der Waals surface area contributed by atoms with E-state index in [0.29, 0.717) is 19.3 Å². The summed E-state index contributed by atoms with van der Waals surface area (Å²) in [5.74, 6) is 1.11. The summed E-state index contributed by atoms with van der Waals surface area (Å²) < 4.78 is 5.02.